The maximum atomic E-state index is 9.55. The molecule has 2 aromatic rings. The minimum Gasteiger partial charge on any atom is -0.508 e. The highest BCUT2D eigenvalue weighted by molar-refractivity contribution is 5.65. The Kier molecular flexibility index (Phi) is 3.00. The Morgan fingerprint density at radius 1 is 1.05 bits per heavy atom. The van der Waals surface area contributed by atoms with E-state index in [0.29, 0.717) is 23.6 Å². The molecule has 22 heavy (non-hydrogen) atoms. The zero-order chi connectivity index (χ0) is 15.3. The van der Waals surface area contributed by atoms with Gasteiger partial charge in [-0.1, -0.05) is 36.4 Å². The van der Waals surface area contributed by atoms with E-state index in [9.17, 15) is 5.11 Å². The number of aromatic hydroxyl groups is 1. The maximum absolute atomic E-state index is 9.55. The Balaban J connectivity index is 1.82. The monoisotopic (exact) mass is 291 g/mol. The van der Waals surface area contributed by atoms with Crippen LogP contribution in [0, 0.1) is 19.8 Å². The van der Waals surface area contributed by atoms with E-state index in [1.54, 1.807) is 12.1 Å². The summed E-state index contributed by atoms with van der Waals surface area (Å²) in [6.45, 7) is 4.37. The summed E-state index contributed by atoms with van der Waals surface area (Å²) in [6, 6.07) is 12.5. The van der Waals surface area contributed by atoms with Crippen LogP contribution in [0.25, 0.3) is 0 Å². The lowest BCUT2D eigenvalue weighted by molar-refractivity contribution is 0.424. The first kappa shape index (κ1) is 13.4. The summed E-state index contributed by atoms with van der Waals surface area (Å²) in [5.74, 6) is 1.38. The summed E-state index contributed by atoms with van der Waals surface area (Å²) in [5, 5.41) is 13.3. The van der Waals surface area contributed by atoms with E-state index < -0.39 is 0 Å². The van der Waals surface area contributed by atoms with E-state index >= 15 is 0 Å². The summed E-state index contributed by atoms with van der Waals surface area (Å²) >= 11 is 0. The van der Waals surface area contributed by atoms with Gasteiger partial charge in [0.1, 0.15) is 5.75 Å². The molecule has 0 fully saturated rings. The molecule has 2 aromatic carbocycles. The number of anilines is 1. The molecule has 4 rings (SSSR count). The van der Waals surface area contributed by atoms with Crippen molar-refractivity contribution in [1.82, 2.24) is 0 Å². The predicted octanol–water partition coefficient (Wildman–Crippen LogP) is 4.84. The van der Waals surface area contributed by atoms with Crippen LogP contribution >= 0.6 is 0 Å². The number of benzene rings is 2. The van der Waals surface area contributed by atoms with Crippen LogP contribution in [-0.4, -0.2) is 5.11 Å². The summed E-state index contributed by atoms with van der Waals surface area (Å²) in [7, 11) is 0. The lowest BCUT2D eigenvalue weighted by Gasteiger charge is -2.38. The molecule has 1 heterocycles. The van der Waals surface area contributed by atoms with Gasteiger partial charge in [-0.2, -0.15) is 0 Å². The summed E-state index contributed by atoms with van der Waals surface area (Å²) < 4.78 is 0. The van der Waals surface area contributed by atoms with Crippen LogP contribution in [0.15, 0.2) is 48.6 Å². The van der Waals surface area contributed by atoms with Gasteiger partial charge in [0.05, 0.1) is 6.04 Å². The summed E-state index contributed by atoms with van der Waals surface area (Å²) in [5.41, 5.74) is 6.65. The van der Waals surface area contributed by atoms with Crippen molar-refractivity contribution in [1.29, 1.82) is 0 Å². The van der Waals surface area contributed by atoms with Gasteiger partial charge in [0, 0.05) is 11.6 Å². The fourth-order valence-corrected chi connectivity index (χ4v) is 3.93. The van der Waals surface area contributed by atoms with E-state index in [1.165, 1.54) is 27.9 Å². The molecule has 2 N–H and O–H groups in total. The van der Waals surface area contributed by atoms with Crippen LogP contribution in [0.2, 0.25) is 0 Å². The van der Waals surface area contributed by atoms with Crippen molar-refractivity contribution in [3.05, 3.63) is 70.8 Å². The molecule has 2 nitrogen and oxygen atoms in total. The molecular weight excluding hydrogens is 270 g/mol. The zero-order valence-electron chi connectivity index (χ0n) is 13.0. The fraction of sp³-hybridized carbons (Fsp3) is 0.300. The van der Waals surface area contributed by atoms with E-state index in [2.05, 4.69) is 43.4 Å². The quantitative estimate of drug-likeness (QED) is 0.737. The summed E-state index contributed by atoms with van der Waals surface area (Å²) in [4.78, 5) is 0. The van der Waals surface area contributed by atoms with Gasteiger partial charge < -0.3 is 10.4 Å². The third-order valence-corrected chi connectivity index (χ3v) is 5.32. The van der Waals surface area contributed by atoms with Gasteiger partial charge in [-0.05, 0) is 60.6 Å². The molecule has 0 bridgehead atoms. The largest absolute Gasteiger partial charge is 0.508 e. The SMILES string of the molecule is Cc1ccc2c(c1C)NC(c1ccc(O)cc1)C1CC=CC21. The smallest absolute Gasteiger partial charge is 0.115 e. The summed E-state index contributed by atoms with van der Waals surface area (Å²) in [6.07, 6.45) is 5.79. The number of nitrogens with one attached hydrogen (secondary N) is 1. The third kappa shape index (κ3) is 1.94. The second kappa shape index (κ2) is 4.91. The highest BCUT2D eigenvalue weighted by Gasteiger charge is 2.38. The first-order valence-electron chi connectivity index (χ1n) is 7.97. The van der Waals surface area contributed by atoms with Gasteiger partial charge in [-0.3, -0.25) is 0 Å². The fourth-order valence-electron chi connectivity index (χ4n) is 3.93. The van der Waals surface area contributed by atoms with Gasteiger partial charge in [0.15, 0.2) is 0 Å². The molecule has 1 aliphatic heterocycles. The molecule has 0 spiro atoms. The lowest BCUT2D eigenvalue weighted by Crippen LogP contribution is -2.29. The number of phenols is 1. The minimum absolute atomic E-state index is 0.300. The predicted molar refractivity (Wildman–Crippen MR) is 90.4 cm³/mol. The lowest BCUT2D eigenvalue weighted by atomic mass is 9.76. The molecule has 3 atom stereocenters. The van der Waals surface area contributed by atoms with Crippen molar-refractivity contribution in [3.63, 3.8) is 0 Å². The highest BCUT2D eigenvalue weighted by atomic mass is 16.3. The second-order valence-corrected chi connectivity index (χ2v) is 6.54. The van der Waals surface area contributed by atoms with Crippen LogP contribution in [0.1, 0.15) is 40.6 Å². The maximum Gasteiger partial charge on any atom is 0.115 e. The van der Waals surface area contributed by atoms with E-state index in [1.807, 2.05) is 12.1 Å². The van der Waals surface area contributed by atoms with Crippen molar-refractivity contribution in [3.8, 4) is 5.75 Å². The molecule has 0 saturated carbocycles. The van der Waals surface area contributed by atoms with Crippen LogP contribution < -0.4 is 5.32 Å². The molecule has 0 amide bonds. The number of rotatable bonds is 1. The Labute approximate surface area is 131 Å². The molecule has 0 radical (unpaired) electrons. The molecule has 3 unspecified atom stereocenters. The average molecular weight is 291 g/mol. The number of hydrogen-bond donors (Lipinski definition) is 2. The van der Waals surface area contributed by atoms with Gasteiger partial charge in [0.25, 0.3) is 0 Å². The van der Waals surface area contributed by atoms with Gasteiger partial charge in [0.2, 0.25) is 0 Å². The number of hydrogen-bond acceptors (Lipinski definition) is 2. The van der Waals surface area contributed by atoms with Crippen molar-refractivity contribution in [2.75, 3.05) is 5.32 Å². The Bertz CT molecular complexity index is 745. The first-order valence-corrected chi connectivity index (χ1v) is 7.97. The van der Waals surface area contributed by atoms with E-state index in [-0.39, 0.29) is 0 Å². The number of fused-ring (bicyclic) bond motifs is 3. The van der Waals surface area contributed by atoms with Crippen molar-refractivity contribution in [2.45, 2.75) is 32.2 Å². The van der Waals surface area contributed by atoms with Crippen LogP contribution in [0.3, 0.4) is 0 Å². The third-order valence-electron chi connectivity index (χ3n) is 5.32. The molecule has 112 valence electrons. The standard InChI is InChI=1S/C20H21NO/c1-12-6-11-18-16-4-3-5-17(16)20(21-19(18)13(12)2)14-7-9-15(22)10-8-14/h3-4,6-11,16-17,20-22H,5H2,1-2H3. The van der Waals surface area contributed by atoms with E-state index in [4.69, 9.17) is 0 Å². The molecular formula is C20H21NO. The van der Waals surface area contributed by atoms with Crippen molar-refractivity contribution >= 4 is 5.69 Å². The van der Waals surface area contributed by atoms with Crippen LogP contribution in [0.5, 0.6) is 5.75 Å². The topological polar surface area (TPSA) is 32.3 Å². The molecule has 2 heteroatoms. The minimum atomic E-state index is 0.300. The van der Waals surface area contributed by atoms with E-state index in [0.717, 1.165) is 6.42 Å². The normalized spacial score (nSPS) is 25.5. The Hall–Kier alpha value is -2.22. The molecule has 0 saturated heterocycles. The van der Waals surface area contributed by atoms with Gasteiger partial charge >= 0.3 is 0 Å². The highest BCUT2D eigenvalue weighted by Crippen LogP contribution is 2.50. The molecule has 0 aromatic heterocycles. The van der Waals surface area contributed by atoms with Gasteiger partial charge in [-0.15, -0.1) is 0 Å². The van der Waals surface area contributed by atoms with Crippen molar-refractivity contribution in [2.24, 2.45) is 5.92 Å². The number of allylic oxidation sites excluding steroid dienone is 2. The van der Waals surface area contributed by atoms with Crippen LogP contribution in [0.4, 0.5) is 5.69 Å². The molecule has 1 aliphatic carbocycles. The average Bonchev–Trinajstić information content (AvgIpc) is 3.01. The zero-order valence-corrected chi connectivity index (χ0v) is 13.0. The Morgan fingerprint density at radius 3 is 2.59 bits per heavy atom. The van der Waals surface area contributed by atoms with Crippen molar-refractivity contribution < 1.29 is 5.11 Å². The molecule has 2 aliphatic rings. The van der Waals surface area contributed by atoms with Crippen LogP contribution in [-0.2, 0) is 0 Å². The Morgan fingerprint density at radius 2 is 1.82 bits per heavy atom. The van der Waals surface area contributed by atoms with Gasteiger partial charge in [-0.25, -0.2) is 0 Å². The number of aryl methyl sites for hydroxylation is 1. The second-order valence-electron chi connectivity index (χ2n) is 6.54. The first-order chi connectivity index (χ1) is 10.6. The number of phenolic OH excluding ortho intramolecular Hbond substituents is 1.